The number of esters is 1. The van der Waals surface area contributed by atoms with Gasteiger partial charge in [-0.3, -0.25) is 9.10 Å². The number of ether oxygens (including phenoxy) is 1. The number of rotatable bonds is 5. The van der Waals surface area contributed by atoms with Gasteiger partial charge >= 0.3 is 5.97 Å². The molecule has 8 heteroatoms. The quantitative estimate of drug-likeness (QED) is 0.758. The van der Waals surface area contributed by atoms with E-state index in [0.29, 0.717) is 0 Å². The van der Waals surface area contributed by atoms with E-state index in [4.69, 9.17) is 4.74 Å². The highest BCUT2D eigenvalue weighted by atomic mass is 79.9. The van der Waals surface area contributed by atoms with E-state index < -0.39 is 28.4 Å². The van der Waals surface area contributed by atoms with Crippen LogP contribution in [0, 0.1) is 5.82 Å². The van der Waals surface area contributed by atoms with E-state index in [0.717, 1.165) is 22.7 Å². The number of halogens is 2. The highest BCUT2D eigenvalue weighted by molar-refractivity contribution is 9.10. The first-order valence-electron chi connectivity index (χ1n) is 5.34. The second-order valence-electron chi connectivity index (χ2n) is 3.67. The van der Waals surface area contributed by atoms with Crippen molar-refractivity contribution in [3.05, 3.63) is 28.5 Å². The van der Waals surface area contributed by atoms with E-state index >= 15 is 0 Å². The van der Waals surface area contributed by atoms with Crippen LogP contribution in [0.1, 0.15) is 6.92 Å². The zero-order valence-corrected chi connectivity index (χ0v) is 12.8. The minimum Gasteiger partial charge on any atom is -0.465 e. The molecular formula is C11H13BrFNO4S. The van der Waals surface area contributed by atoms with Crippen molar-refractivity contribution >= 4 is 37.6 Å². The van der Waals surface area contributed by atoms with Gasteiger partial charge in [-0.15, -0.1) is 0 Å². The Morgan fingerprint density at radius 2 is 2.11 bits per heavy atom. The molecule has 0 aliphatic carbocycles. The third-order valence-corrected chi connectivity index (χ3v) is 3.92. The van der Waals surface area contributed by atoms with Gasteiger partial charge in [0.25, 0.3) is 0 Å². The highest BCUT2D eigenvalue weighted by Gasteiger charge is 2.23. The Hall–Kier alpha value is -1.15. The summed E-state index contributed by atoms with van der Waals surface area (Å²) in [6, 6.07) is 3.52. The third kappa shape index (κ3) is 4.46. The van der Waals surface area contributed by atoms with Crippen molar-refractivity contribution in [2.24, 2.45) is 0 Å². The number of carbonyl (C=O) groups excluding carboxylic acids is 1. The Kier molecular flexibility index (Phi) is 5.30. The maximum absolute atomic E-state index is 13.0. The number of hydrogen-bond donors (Lipinski definition) is 0. The molecule has 0 amide bonds. The topological polar surface area (TPSA) is 63.7 Å². The van der Waals surface area contributed by atoms with Crippen LogP contribution in [0.15, 0.2) is 22.7 Å². The van der Waals surface area contributed by atoms with Crippen molar-refractivity contribution in [1.29, 1.82) is 0 Å². The van der Waals surface area contributed by atoms with E-state index in [1.54, 1.807) is 6.92 Å². The molecule has 0 atom stereocenters. The Morgan fingerprint density at radius 1 is 1.47 bits per heavy atom. The second kappa shape index (κ2) is 6.33. The summed E-state index contributed by atoms with van der Waals surface area (Å²) < 4.78 is 42.2. The molecule has 0 fully saturated rings. The SMILES string of the molecule is CCOC(=O)CN(c1ccc(F)cc1Br)S(C)(=O)=O. The number of sulfonamides is 1. The van der Waals surface area contributed by atoms with Crippen LogP contribution < -0.4 is 4.31 Å². The van der Waals surface area contributed by atoms with E-state index in [1.165, 1.54) is 6.07 Å². The molecule has 0 aliphatic rings. The fourth-order valence-corrected chi connectivity index (χ4v) is 2.93. The molecule has 1 aromatic carbocycles. The maximum Gasteiger partial charge on any atom is 0.326 e. The van der Waals surface area contributed by atoms with Crippen molar-refractivity contribution in [2.75, 3.05) is 23.7 Å². The first kappa shape index (κ1) is 15.9. The highest BCUT2D eigenvalue weighted by Crippen LogP contribution is 2.28. The molecule has 0 saturated carbocycles. The fourth-order valence-electron chi connectivity index (χ4n) is 1.39. The summed E-state index contributed by atoms with van der Waals surface area (Å²) in [6.45, 7) is 1.31. The zero-order valence-electron chi connectivity index (χ0n) is 10.4. The van der Waals surface area contributed by atoms with Crippen molar-refractivity contribution in [3.63, 3.8) is 0 Å². The van der Waals surface area contributed by atoms with Crippen LogP contribution in [-0.2, 0) is 19.6 Å². The van der Waals surface area contributed by atoms with Gasteiger partial charge in [-0.1, -0.05) is 0 Å². The molecule has 5 nitrogen and oxygen atoms in total. The molecule has 1 aromatic rings. The molecule has 0 spiro atoms. The second-order valence-corrected chi connectivity index (χ2v) is 6.43. The lowest BCUT2D eigenvalue weighted by Gasteiger charge is -2.22. The summed E-state index contributed by atoms with van der Waals surface area (Å²) in [5, 5.41) is 0. The maximum atomic E-state index is 13.0. The Balaban J connectivity index is 3.14. The van der Waals surface area contributed by atoms with E-state index in [1.807, 2.05) is 0 Å². The van der Waals surface area contributed by atoms with Crippen LogP contribution in [0.4, 0.5) is 10.1 Å². The average molecular weight is 354 g/mol. The normalized spacial score (nSPS) is 11.2. The Morgan fingerprint density at radius 3 is 2.58 bits per heavy atom. The minimum absolute atomic E-state index is 0.154. The van der Waals surface area contributed by atoms with Crippen LogP contribution in [0.5, 0.6) is 0 Å². The van der Waals surface area contributed by atoms with Crippen LogP contribution in [0.2, 0.25) is 0 Å². The molecule has 0 aliphatic heterocycles. The average Bonchev–Trinajstić information content (AvgIpc) is 2.25. The predicted molar refractivity (Wildman–Crippen MR) is 72.9 cm³/mol. The van der Waals surface area contributed by atoms with Crippen LogP contribution in [0.3, 0.4) is 0 Å². The standard InChI is InChI=1S/C11H13BrFNO4S/c1-3-18-11(15)7-14(19(2,16)17)10-5-4-8(13)6-9(10)12/h4-6H,3,7H2,1-2H3. The fraction of sp³-hybridized carbons (Fsp3) is 0.364. The lowest BCUT2D eigenvalue weighted by atomic mass is 10.3. The molecule has 0 N–H and O–H groups in total. The van der Waals surface area contributed by atoms with Crippen molar-refractivity contribution in [2.45, 2.75) is 6.92 Å². The van der Waals surface area contributed by atoms with Crippen LogP contribution in [0.25, 0.3) is 0 Å². The smallest absolute Gasteiger partial charge is 0.326 e. The van der Waals surface area contributed by atoms with Gasteiger partial charge in [0.1, 0.15) is 12.4 Å². The van der Waals surface area contributed by atoms with Gasteiger partial charge in [0, 0.05) is 4.47 Å². The lowest BCUT2D eigenvalue weighted by Crippen LogP contribution is -2.36. The Labute approximate surface area is 119 Å². The summed E-state index contributed by atoms with van der Waals surface area (Å²) in [5.41, 5.74) is 0.178. The number of benzene rings is 1. The molecular weight excluding hydrogens is 341 g/mol. The van der Waals surface area contributed by atoms with Crippen LogP contribution in [-0.4, -0.2) is 33.8 Å². The molecule has 0 bridgehead atoms. The molecule has 0 heterocycles. The number of carbonyl (C=O) groups is 1. The van der Waals surface area contributed by atoms with Crippen molar-refractivity contribution in [1.82, 2.24) is 0 Å². The third-order valence-electron chi connectivity index (χ3n) is 2.16. The van der Waals surface area contributed by atoms with Crippen molar-refractivity contribution < 1.29 is 22.3 Å². The summed E-state index contributed by atoms with van der Waals surface area (Å²) in [5.74, 6) is -1.19. The van der Waals surface area contributed by atoms with Gasteiger partial charge in [-0.25, -0.2) is 12.8 Å². The first-order chi connectivity index (χ1) is 8.75. The molecule has 0 aromatic heterocycles. The van der Waals surface area contributed by atoms with E-state index in [2.05, 4.69) is 15.9 Å². The monoisotopic (exact) mass is 353 g/mol. The van der Waals surface area contributed by atoms with Gasteiger partial charge in [-0.2, -0.15) is 0 Å². The number of anilines is 1. The van der Waals surface area contributed by atoms with E-state index in [9.17, 15) is 17.6 Å². The van der Waals surface area contributed by atoms with Gasteiger partial charge in [-0.05, 0) is 41.1 Å². The number of hydrogen-bond acceptors (Lipinski definition) is 4. The van der Waals surface area contributed by atoms with Crippen LogP contribution >= 0.6 is 15.9 Å². The zero-order chi connectivity index (χ0) is 14.6. The minimum atomic E-state index is -3.69. The first-order valence-corrected chi connectivity index (χ1v) is 7.98. The summed E-state index contributed by atoms with van der Waals surface area (Å²) >= 11 is 3.07. The molecule has 1 rings (SSSR count). The molecule has 106 valence electrons. The summed E-state index contributed by atoms with van der Waals surface area (Å²) in [4.78, 5) is 11.4. The Bertz CT molecular complexity index is 576. The summed E-state index contributed by atoms with van der Waals surface area (Å²) in [6.07, 6.45) is 0.960. The van der Waals surface area contributed by atoms with Crippen molar-refractivity contribution in [3.8, 4) is 0 Å². The van der Waals surface area contributed by atoms with E-state index in [-0.39, 0.29) is 16.8 Å². The lowest BCUT2D eigenvalue weighted by molar-refractivity contribution is -0.141. The number of nitrogens with zero attached hydrogens (tertiary/aromatic N) is 1. The molecule has 0 unspecified atom stereocenters. The van der Waals surface area contributed by atoms with Gasteiger partial charge < -0.3 is 4.74 Å². The summed E-state index contributed by atoms with van der Waals surface area (Å²) in [7, 11) is -3.69. The van der Waals surface area contributed by atoms with Gasteiger partial charge in [0.2, 0.25) is 10.0 Å². The van der Waals surface area contributed by atoms with Gasteiger partial charge in [0.05, 0.1) is 18.6 Å². The molecule has 0 saturated heterocycles. The largest absolute Gasteiger partial charge is 0.465 e. The predicted octanol–water partition coefficient (Wildman–Crippen LogP) is 1.92. The molecule has 0 radical (unpaired) electrons. The van der Waals surface area contributed by atoms with Gasteiger partial charge in [0.15, 0.2) is 0 Å². The molecule has 19 heavy (non-hydrogen) atoms.